The van der Waals surface area contributed by atoms with E-state index in [-0.39, 0.29) is 0 Å². The summed E-state index contributed by atoms with van der Waals surface area (Å²) in [5.41, 5.74) is 12.8. The third-order valence-corrected chi connectivity index (χ3v) is 8.86. The van der Waals surface area contributed by atoms with Crippen LogP contribution < -0.4 is 9.80 Å². The SMILES string of the molecule is c1ccc(N(c2ccccc2)c2ccccc2-c2cnccc2-c2ccncc2-c2ccccc2N(c2ccccc2)c2ccccc2)cc1. The molecule has 0 fully saturated rings. The zero-order chi connectivity index (χ0) is 33.5. The third kappa shape index (κ3) is 6.02. The molecule has 8 aromatic rings. The summed E-state index contributed by atoms with van der Waals surface area (Å²) < 4.78 is 0. The van der Waals surface area contributed by atoms with Crippen LogP contribution in [0.15, 0.2) is 207 Å². The highest BCUT2D eigenvalue weighted by Gasteiger charge is 2.22. The number of hydrogen-bond acceptors (Lipinski definition) is 4. The monoisotopic (exact) mass is 642 g/mol. The molecule has 0 aliphatic carbocycles. The summed E-state index contributed by atoms with van der Waals surface area (Å²) in [6, 6.07) is 63.5. The quantitative estimate of drug-likeness (QED) is 0.157. The Labute approximate surface area is 293 Å². The lowest BCUT2D eigenvalue weighted by Gasteiger charge is -2.29. The highest BCUT2D eigenvalue weighted by atomic mass is 15.1. The molecule has 238 valence electrons. The Bertz CT molecular complexity index is 2080. The molecule has 0 aliphatic rings. The van der Waals surface area contributed by atoms with E-state index in [1.807, 2.05) is 24.8 Å². The van der Waals surface area contributed by atoms with Crippen LogP contribution in [0.1, 0.15) is 0 Å². The van der Waals surface area contributed by atoms with Gasteiger partial charge in [-0.3, -0.25) is 9.97 Å². The first kappa shape index (κ1) is 30.5. The molecule has 0 saturated heterocycles. The van der Waals surface area contributed by atoms with Gasteiger partial charge in [0.15, 0.2) is 0 Å². The van der Waals surface area contributed by atoms with Crippen LogP contribution in [0.4, 0.5) is 34.1 Å². The zero-order valence-electron chi connectivity index (χ0n) is 27.4. The van der Waals surface area contributed by atoms with E-state index < -0.39 is 0 Å². The van der Waals surface area contributed by atoms with E-state index in [1.165, 1.54) is 0 Å². The molecule has 4 heteroatoms. The van der Waals surface area contributed by atoms with Gasteiger partial charge in [-0.1, -0.05) is 109 Å². The minimum Gasteiger partial charge on any atom is -0.310 e. The van der Waals surface area contributed by atoms with Crippen molar-refractivity contribution in [1.82, 2.24) is 9.97 Å². The van der Waals surface area contributed by atoms with Crippen molar-refractivity contribution in [3.63, 3.8) is 0 Å². The van der Waals surface area contributed by atoms with Gasteiger partial charge in [0.1, 0.15) is 0 Å². The molecular weight excluding hydrogens is 609 g/mol. The Morgan fingerprint density at radius 2 is 0.560 bits per heavy atom. The van der Waals surface area contributed by atoms with Gasteiger partial charge in [-0.25, -0.2) is 0 Å². The second kappa shape index (κ2) is 14.1. The number of benzene rings is 6. The molecule has 0 N–H and O–H groups in total. The number of pyridine rings is 2. The van der Waals surface area contributed by atoms with Crippen molar-refractivity contribution >= 4 is 34.1 Å². The Morgan fingerprint density at radius 3 is 0.900 bits per heavy atom. The molecule has 0 amide bonds. The Balaban J connectivity index is 1.31. The van der Waals surface area contributed by atoms with Gasteiger partial charge in [0.25, 0.3) is 0 Å². The van der Waals surface area contributed by atoms with Gasteiger partial charge in [-0.15, -0.1) is 0 Å². The first-order chi connectivity index (χ1) is 24.9. The van der Waals surface area contributed by atoms with Gasteiger partial charge in [0.05, 0.1) is 11.4 Å². The smallest absolute Gasteiger partial charge is 0.0540 e. The number of nitrogens with zero attached hydrogens (tertiary/aromatic N) is 4. The molecule has 0 radical (unpaired) electrons. The molecule has 0 saturated carbocycles. The van der Waals surface area contributed by atoms with E-state index in [0.29, 0.717) is 0 Å². The Morgan fingerprint density at radius 1 is 0.260 bits per heavy atom. The standard InChI is InChI=1S/C46H34N4/c1-5-17-35(18-6-1)49(36-19-7-2-8-20-36)45-27-15-13-25-41(45)43-33-47-31-29-39(43)40-30-32-48-34-44(40)42-26-14-16-28-46(42)50(37-21-9-3-10-22-37)38-23-11-4-12-24-38/h1-34H. The molecule has 6 aromatic carbocycles. The second-order valence-electron chi connectivity index (χ2n) is 11.9. The number of aromatic nitrogens is 2. The topological polar surface area (TPSA) is 32.3 Å². The number of para-hydroxylation sites is 6. The Kier molecular flexibility index (Phi) is 8.64. The lowest BCUT2D eigenvalue weighted by molar-refractivity contribution is 1.27. The van der Waals surface area contributed by atoms with E-state index >= 15 is 0 Å². The predicted molar refractivity (Wildman–Crippen MR) is 208 cm³/mol. The zero-order valence-corrected chi connectivity index (χ0v) is 27.4. The number of hydrogen-bond donors (Lipinski definition) is 0. The van der Waals surface area contributed by atoms with Gasteiger partial charge in [-0.05, 0) is 83.9 Å². The second-order valence-corrected chi connectivity index (χ2v) is 11.9. The normalized spacial score (nSPS) is 10.8. The highest BCUT2D eigenvalue weighted by Crippen LogP contribution is 2.47. The molecular formula is C46H34N4. The molecule has 2 aromatic heterocycles. The van der Waals surface area contributed by atoms with Crippen molar-refractivity contribution < 1.29 is 0 Å². The lowest BCUT2D eigenvalue weighted by atomic mass is 9.90. The maximum atomic E-state index is 4.68. The van der Waals surface area contributed by atoms with Gasteiger partial charge in [0.2, 0.25) is 0 Å². The average molecular weight is 643 g/mol. The summed E-state index contributed by atoms with van der Waals surface area (Å²) in [4.78, 5) is 14.0. The molecule has 0 unspecified atom stereocenters. The summed E-state index contributed by atoms with van der Waals surface area (Å²) in [6.45, 7) is 0. The minimum absolute atomic E-state index is 1.04. The predicted octanol–water partition coefficient (Wildman–Crippen LogP) is 12.4. The summed E-state index contributed by atoms with van der Waals surface area (Å²) in [7, 11) is 0. The van der Waals surface area contributed by atoms with Crippen molar-refractivity contribution in [2.24, 2.45) is 0 Å². The van der Waals surface area contributed by atoms with Crippen LogP contribution in [0, 0.1) is 0 Å². The fourth-order valence-corrected chi connectivity index (χ4v) is 6.64. The minimum atomic E-state index is 1.04. The van der Waals surface area contributed by atoms with E-state index in [4.69, 9.17) is 0 Å². The summed E-state index contributed by atoms with van der Waals surface area (Å²) in [6.07, 6.45) is 7.73. The highest BCUT2D eigenvalue weighted by molar-refractivity contribution is 5.99. The van der Waals surface area contributed by atoms with Crippen LogP contribution in [0.25, 0.3) is 33.4 Å². The molecule has 50 heavy (non-hydrogen) atoms. The molecule has 0 atom stereocenters. The van der Waals surface area contributed by atoms with Crippen molar-refractivity contribution in [3.05, 3.63) is 207 Å². The Hall–Kier alpha value is -6.78. The average Bonchev–Trinajstić information content (AvgIpc) is 3.20. The molecule has 2 heterocycles. The van der Waals surface area contributed by atoms with Crippen molar-refractivity contribution in [1.29, 1.82) is 0 Å². The van der Waals surface area contributed by atoms with Crippen LogP contribution in [0.2, 0.25) is 0 Å². The van der Waals surface area contributed by atoms with Gasteiger partial charge in [0, 0.05) is 69.8 Å². The van der Waals surface area contributed by atoms with Crippen LogP contribution >= 0.6 is 0 Å². The van der Waals surface area contributed by atoms with Gasteiger partial charge < -0.3 is 9.80 Å². The van der Waals surface area contributed by atoms with Crippen LogP contribution in [0.3, 0.4) is 0 Å². The number of rotatable bonds is 9. The van der Waals surface area contributed by atoms with Gasteiger partial charge >= 0.3 is 0 Å². The first-order valence-electron chi connectivity index (χ1n) is 16.7. The fourth-order valence-electron chi connectivity index (χ4n) is 6.64. The van der Waals surface area contributed by atoms with E-state index in [9.17, 15) is 0 Å². The molecule has 8 rings (SSSR count). The lowest BCUT2D eigenvalue weighted by Crippen LogP contribution is -2.11. The van der Waals surface area contributed by atoms with E-state index in [0.717, 1.165) is 67.5 Å². The van der Waals surface area contributed by atoms with Crippen LogP contribution in [0.5, 0.6) is 0 Å². The van der Waals surface area contributed by atoms with Gasteiger partial charge in [-0.2, -0.15) is 0 Å². The van der Waals surface area contributed by atoms with Crippen LogP contribution in [-0.2, 0) is 0 Å². The summed E-state index contributed by atoms with van der Waals surface area (Å²) >= 11 is 0. The molecule has 0 bridgehead atoms. The fraction of sp³-hybridized carbons (Fsp3) is 0. The molecule has 0 spiro atoms. The van der Waals surface area contributed by atoms with Crippen molar-refractivity contribution in [2.45, 2.75) is 0 Å². The largest absolute Gasteiger partial charge is 0.310 e. The number of anilines is 6. The molecule has 4 nitrogen and oxygen atoms in total. The van der Waals surface area contributed by atoms with E-state index in [2.05, 4.69) is 202 Å². The molecule has 0 aliphatic heterocycles. The van der Waals surface area contributed by atoms with E-state index in [1.54, 1.807) is 0 Å². The van der Waals surface area contributed by atoms with Crippen molar-refractivity contribution in [3.8, 4) is 33.4 Å². The maximum Gasteiger partial charge on any atom is 0.0540 e. The summed E-state index contributed by atoms with van der Waals surface area (Å²) in [5.74, 6) is 0. The van der Waals surface area contributed by atoms with Crippen molar-refractivity contribution in [2.75, 3.05) is 9.80 Å². The van der Waals surface area contributed by atoms with Crippen LogP contribution in [-0.4, -0.2) is 9.97 Å². The first-order valence-corrected chi connectivity index (χ1v) is 16.7. The third-order valence-electron chi connectivity index (χ3n) is 8.86. The summed E-state index contributed by atoms with van der Waals surface area (Å²) in [5, 5.41) is 0. The maximum absolute atomic E-state index is 4.68.